The van der Waals surface area contributed by atoms with Crippen LogP contribution in [0.1, 0.15) is 44.1 Å². The Morgan fingerprint density at radius 2 is 2.05 bits per heavy atom. The summed E-state index contributed by atoms with van der Waals surface area (Å²) < 4.78 is 5.42. The van der Waals surface area contributed by atoms with Gasteiger partial charge in [0.15, 0.2) is 0 Å². The van der Waals surface area contributed by atoms with Gasteiger partial charge in [0.05, 0.1) is 12.6 Å². The average Bonchev–Trinajstić information content (AvgIpc) is 2.90. The second-order valence-corrected chi connectivity index (χ2v) is 11.6. The molecule has 198 valence electrons. The number of likely N-dealkylation sites (tertiary alicyclic amines) is 1. The molecule has 0 unspecified atom stereocenters. The molecule has 1 aliphatic heterocycles. The summed E-state index contributed by atoms with van der Waals surface area (Å²) >= 11 is 7.95. The number of rotatable bonds is 13. The molecular weight excluding hydrogens is 504 g/mol. The van der Waals surface area contributed by atoms with Crippen LogP contribution >= 0.6 is 23.4 Å². The first kappa shape index (κ1) is 27.7. The Morgan fingerprint density at radius 1 is 1.16 bits per heavy atom. The molecule has 37 heavy (non-hydrogen) atoms. The molecule has 1 saturated heterocycles. The molecule has 2 heterocycles. The number of aliphatic carboxylic acids is 1. The molecule has 1 fully saturated rings. The lowest BCUT2D eigenvalue weighted by molar-refractivity contribution is -0.137. The maximum Gasteiger partial charge on any atom is 0.303 e. The standard InChI is InChI=1S/C30H37ClN2O3S/c1-36-26-10-11-29-28(20-26)23(13-15-32-29)6-2-5-22-14-17-33(21-24(22)9-12-30(34)35)16-4-18-37-27-8-3-7-25(31)19-27/h3,7-8,10-11,13,15,19-20,22,24H,2,4-6,9,12,14,16-18,21H2,1H3,(H,34,35)/t22-,24+/m1/s1. The van der Waals surface area contributed by atoms with Gasteiger partial charge >= 0.3 is 5.97 Å². The zero-order valence-electron chi connectivity index (χ0n) is 21.6. The lowest BCUT2D eigenvalue weighted by Crippen LogP contribution is -2.41. The number of aromatic nitrogens is 1. The van der Waals surface area contributed by atoms with Crippen LogP contribution in [-0.2, 0) is 11.2 Å². The highest BCUT2D eigenvalue weighted by Crippen LogP contribution is 2.33. The summed E-state index contributed by atoms with van der Waals surface area (Å²) in [6.45, 7) is 3.18. The van der Waals surface area contributed by atoms with Gasteiger partial charge in [0, 0.05) is 34.5 Å². The molecule has 7 heteroatoms. The van der Waals surface area contributed by atoms with Gasteiger partial charge < -0.3 is 14.7 Å². The fraction of sp³-hybridized carbons (Fsp3) is 0.467. The van der Waals surface area contributed by atoms with Crippen molar-refractivity contribution < 1.29 is 14.6 Å². The fourth-order valence-corrected chi connectivity index (χ4v) is 6.64. The Bertz CT molecular complexity index is 1170. The number of carboxylic acids is 1. The van der Waals surface area contributed by atoms with Crippen molar-refractivity contribution in [3.8, 4) is 5.75 Å². The molecule has 0 bridgehead atoms. The predicted molar refractivity (Wildman–Crippen MR) is 153 cm³/mol. The first-order valence-electron chi connectivity index (χ1n) is 13.3. The highest BCUT2D eigenvalue weighted by Gasteiger charge is 2.29. The van der Waals surface area contributed by atoms with Gasteiger partial charge in [-0.3, -0.25) is 9.78 Å². The second-order valence-electron chi connectivity index (χ2n) is 9.95. The molecule has 2 aromatic carbocycles. The Balaban J connectivity index is 1.28. The van der Waals surface area contributed by atoms with Crippen LogP contribution in [0.5, 0.6) is 5.75 Å². The number of hydrogen-bond donors (Lipinski definition) is 1. The van der Waals surface area contributed by atoms with E-state index in [1.807, 2.05) is 48.3 Å². The van der Waals surface area contributed by atoms with Crippen LogP contribution in [0.2, 0.25) is 5.02 Å². The first-order chi connectivity index (χ1) is 18.0. The number of nitrogens with zero attached hydrogens (tertiary/aromatic N) is 2. The lowest BCUT2D eigenvalue weighted by Gasteiger charge is -2.39. The highest BCUT2D eigenvalue weighted by molar-refractivity contribution is 7.99. The minimum Gasteiger partial charge on any atom is -0.497 e. The molecule has 0 radical (unpaired) electrons. The van der Waals surface area contributed by atoms with Crippen LogP contribution < -0.4 is 4.74 Å². The van der Waals surface area contributed by atoms with E-state index in [0.717, 1.165) is 85.6 Å². The maximum atomic E-state index is 11.3. The molecule has 0 amide bonds. The van der Waals surface area contributed by atoms with Crippen LogP contribution in [0.3, 0.4) is 0 Å². The number of fused-ring (bicyclic) bond motifs is 1. The Labute approximate surface area is 229 Å². The van der Waals surface area contributed by atoms with Gasteiger partial charge in [0.2, 0.25) is 0 Å². The van der Waals surface area contributed by atoms with Crippen molar-refractivity contribution in [1.82, 2.24) is 9.88 Å². The number of piperidine rings is 1. The summed E-state index contributed by atoms with van der Waals surface area (Å²) in [6.07, 6.45) is 8.42. The third-order valence-corrected chi connectivity index (χ3v) is 8.76. The van der Waals surface area contributed by atoms with Crippen LogP contribution in [0.15, 0.2) is 59.6 Å². The van der Waals surface area contributed by atoms with Crippen LogP contribution in [-0.4, -0.2) is 53.5 Å². The van der Waals surface area contributed by atoms with Gasteiger partial charge in [-0.2, -0.15) is 0 Å². The second kappa shape index (κ2) is 14.0. The van der Waals surface area contributed by atoms with Gasteiger partial charge in [-0.1, -0.05) is 17.7 Å². The number of aryl methyl sites for hydroxylation is 1. The van der Waals surface area contributed by atoms with Gasteiger partial charge in [-0.05, 0) is 117 Å². The normalized spacial score (nSPS) is 18.2. The summed E-state index contributed by atoms with van der Waals surface area (Å²) in [5.41, 5.74) is 2.31. The molecule has 1 N–H and O–H groups in total. The van der Waals surface area contributed by atoms with Crippen LogP contribution in [0.25, 0.3) is 10.9 Å². The average molecular weight is 541 g/mol. The molecule has 1 aromatic heterocycles. The largest absolute Gasteiger partial charge is 0.497 e. The van der Waals surface area contributed by atoms with E-state index in [1.165, 1.54) is 10.5 Å². The molecule has 5 nitrogen and oxygen atoms in total. The van der Waals surface area contributed by atoms with Crippen LogP contribution in [0.4, 0.5) is 0 Å². The molecule has 0 spiro atoms. The minimum atomic E-state index is -0.689. The molecule has 1 aliphatic rings. The van der Waals surface area contributed by atoms with E-state index < -0.39 is 5.97 Å². The third kappa shape index (κ3) is 8.36. The van der Waals surface area contributed by atoms with Gasteiger partial charge in [0.1, 0.15) is 5.75 Å². The Morgan fingerprint density at radius 3 is 2.86 bits per heavy atom. The van der Waals surface area contributed by atoms with E-state index in [-0.39, 0.29) is 6.42 Å². The van der Waals surface area contributed by atoms with Crippen molar-refractivity contribution in [2.75, 3.05) is 32.5 Å². The van der Waals surface area contributed by atoms with E-state index in [9.17, 15) is 9.90 Å². The first-order valence-corrected chi connectivity index (χ1v) is 14.6. The summed E-state index contributed by atoms with van der Waals surface area (Å²) in [7, 11) is 1.69. The van der Waals surface area contributed by atoms with Gasteiger partial charge in [-0.15, -0.1) is 11.8 Å². The minimum absolute atomic E-state index is 0.258. The van der Waals surface area contributed by atoms with E-state index >= 15 is 0 Å². The number of carboxylic acid groups (broad SMARTS) is 1. The number of ether oxygens (including phenoxy) is 1. The van der Waals surface area contributed by atoms with Crippen molar-refractivity contribution >= 4 is 40.2 Å². The molecule has 4 rings (SSSR count). The zero-order valence-corrected chi connectivity index (χ0v) is 23.1. The van der Waals surface area contributed by atoms with Gasteiger partial charge in [0.25, 0.3) is 0 Å². The number of pyridine rings is 1. The quantitative estimate of drug-likeness (QED) is 0.183. The molecule has 3 aromatic rings. The van der Waals surface area contributed by atoms with Crippen molar-refractivity contribution in [2.24, 2.45) is 11.8 Å². The number of methoxy groups -OCH3 is 1. The third-order valence-electron chi connectivity index (χ3n) is 7.45. The summed E-state index contributed by atoms with van der Waals surface area (Å²) in [4.78, 5) is 19.6. The summed E-state index contributed by atoms with van der Waals surface area (Å²) in [5.74, 6) is 2.25. The number of halogens is 1. The summed E-state index contributed by atoms with van der Waals surface area (Å²) in [5, 5.41) is 11.3. The smallest absolute Gasteiger partial charge is 0.303 e. The number of hydrogen-bond acceptors (Lipinski definition) is 5. The predicted octanol–water partition coefficient (Wildman–Crippen LogP) is 7.20. The van der Waals surface area contributed by atoms with E-state index in [4.69, 9.17) is 16.3 Å². The number of carbonyl (C=O) groups is 1. The highest BCUT2D eigenvalue weighted by atomic mass is 35.5. The SMILES string of the molecule is COc1ccc2nccc(CCC[C@@H]3CCN(CCCSc4cccc(Cl)c4)C[C@@H]3CCC(=O)O)c2c1. The Kier molecular flexibility index (Phi) is 10.5. The van der Waals surface area contributed by atoms with E-state index in [2.05, 4.69) is 28.1 Å². The molecule has 2 atom stereocenters. The molecular formula is C30H37ClN2O3S. The van der Waals surface area contributed by atoms with Crippen molar-refractivity contribution in [1.29, 1.82) is 0 Å². The molecule has 0 saturated carbocycles. The van der Waals surface area contributed by atoms with E-state index in [1.54, 1.807) is 7.11 Å². The Hall–Kier alpha value is -2.28. The van der Waals surface area contributed by atoms with Crippen molar-refractivity contribution in [3.05, 3.63) is 65.3 Å². The number of benzene rings is 2. The topological polar surface area (TPSA) is 62.7 Å². The monoisotopic (exact) mass is 540 g/mol. The zero-order chi connectivity index (χ0) is 26.0. The van der Waals surface area contributed by atoms with Crippen molar-refractivity contribution in [2.45, 2.75) is 49.8 Å². The molecule has 0 aliphatic carbocycles. The van der Waals surface area contributed by atoms with Crippen LogP contribution in [0, 0.1) is 11.8 Å². The van der Waals surface area contributed by atoms with E-state index in [0.29, 0.717) is 11.8 Å². The summed E-state index contributed by atoms with van der Waals surface area (Å²) in [6, 6.07) is 16.2. The maximum absolute atomic E-state index is 11.3. The lowest BCUT2D eigenvalue weighted by atomic mass is 9.79. The van der Waals surface area contributed by atoms with Crippen molar-refractivity contribution in [3.63, 3.8) is 0 Å². The van der Waals surface area contributed by atoms with Gasteiger partial charge in [-0.25, -0.2) is 0 Å². The fourth-order valence-electron chi connectivity index (χ4n) is 5.49. The number of thioether (sulfide) groups is 1.